The molecule has 0 aromatic carbocycles. The number of anilines is 1. The summed E-state index contributed by atoms with van der Waals surface area (Å²) in [5.74, 6) is 0.976. The predicted octanol–water partition coefficient (Wildman–Crippen LogP) is 3.21. The second-order valence-corrected chi connectivity index (χ2v) is 5.24. The van der Waals surface area contributed by atoms with Gasteiger partial charge in [-0.2, -0.15) is 0 Å². The summed E-state index contributed by atoms with van der Waals surface area (Å²) in [5.41, 5.74) is 5.33. The van der Waals surface area contributed by atoms with E-state index in [1.807, 2.05) is 19.2 Å². The van der Waals surface area contributed by atoms with E-state index in [9.17, 15) is 0 Å². The topological polar surface area (TPSA) is 33.4 Å². The average molecular weight is 264 g/mol. The van der Waals surface area contributed by atoms with Crippen LogP contribution in [0, 0.1) is 20.4 Å². The molecule has 1 aliphatic rings. The standard InChI is InChI=1S/C16H16N4/c1-11-6-13-10-20(5-4-15(13)18-8-11)16-12(2)7-14(17-3)9-19-16/h6-9H,4-5,10H2,1-2H3. The predicted molar refractivity (Wildman–Crippen MR) is 79.0 cm³/mol. The highest BCUT2D eigenvalue weighted by atomic mass is 15.2. The number of pyridine rings is 2. The van der Waals surface area contributed by atoms with Gasteiger partial charge in [0.25, 0.3) is 0 Å². The Hall–Kier alpha value is -2.41. The number of hydrogen-bond donors (Lipinski definition) is 0. The van der Waals surface area contributed by atoms with Crippen molar-refractivity contribution >= 4 is 11.5 Å². The van der Waals surface area contributed by atoms with Crippen molar-refractivity contribution < 1.29 is 0 Å². The number of aromatic nitrogens is 2. The van der Waals surface area contributed by atoms with E-state index in [1.165, 1.54) is 16.8 Å². The Kier molecular flexibility index (Phi) is 3.11. The maximum atomic E-state index is 7.04. The highest BCUT2D eigenvalue weighted by Crippen LogP contribution is 2.27. The van der Waals surface area contributed by atoms with Crippen LogP contribution in [0.5, 0.6) is 0 Å². The molecule has 3 heterocycles. The van der Waals surface area contributed by atoms with Crippen LogP contribution in [0.3, 0.4) is 0 Å². The van der Waals surface area contributed by atoms with Gasteiger partial charge in [-0.15, -0.1) is 0 Å². The number of rotatable bonds is 1. The highest BCUT2D eigenvalue weighted by molar-refractivity contribution is 5.56. The Morgan fingerprint density at radius 1 is 1.20 bits per heavy atom. The minimum atomic E-state index is 0.598. The summed E-state index contributed by atoms with van der Waals surface area (Å²) in [6.07, 6.45) is 4.53. The first kappa shape index (κ1) is 12.6. The molecule has 0 unspecified atom stereocenters. The Morgan fingerprint density at radius 3 is 2.80 bits per heavy atom. The molecule has 0 N–H and O–H groups in total. The molecule has 0 atom stereocenters. The lowest BCUT2D eigenvalue weighted by Gasteiger charge is -2.30. The van der Waals surface area contributed by atoms with E-state index in [0.29, 0.717) is 5.69 Å². The molecule has 0 aliphatic carbocycles. The van der Waals surface area contributed by atoms with Gasteiger partial charge in [-0.05, 0) is 36.6 Å². The first-order valence-electron chi connectivity index (χ1n) is 6.71. The Morgan fingerprint density at radius 2 is 2.05 bits per heavy atom. The summed E-state index contributed by atoms with van der Waals surface area (Å²) < 4.78 is 0. The molecule has 4 heteroatoms. The van der Waals surface area contributed by atoms with Crippen LogP contribution in [0.15, 0.2) is 24.5 Å². The minimum Gasteiger partial charge on any atom is -0.352 e. The van der Waals surface area contributed by atoms with Crippen molar-refractivity contribution in [3.05, 3.63) is 58.3 Å². The van der Waals surface area contributed by atoms with Gasteiger partial charge in [0.2, 0.25) is 5.69 Å². The molecule has 4 nitrogen and oxygen atoms in total. The summed E-state index contributed by atoms with van der Waals surface area (Å²) in [4.78, 5) is 14.7. The molecule has 0 fully saturated rings. The maximum Gasteiger partial charge on any atom is 0.205 e. The largest absolute Gasteiger partial charge is 0.352 e. The van der Waals surface area contributed by atoms with Crippen molar-refractivity contribution in [1.82, 2.24) is 9.97 Å². The van der Waals surface area contributed by atoms with Gasteiger partial charge in [0.15, 0.2) is 0 Å². The molecule has 3 rings (SSSR count). The summed E-state index contributed by atoms with van der Waals surface area (Å²) in [6.45, 7) is 12.9. The second-order valence-electron chi connectivity index (χ2n) is 5.24. The second kappa shape index (κ2) is 4.93. The third kappa shape index (κ3) is 2.23. The fraction of sp³-hybridized carbons (Fsp3) is 0.312. The van der Waals surface area contributed by atoms with E-state index in [2.05, 4.69) is 32.7 Å². The van der Waals surface area contributed by atoms with Gasteiger partial charge in [-0.25, -0.2) is 4.85 Å². The Bertz CT molecular complexity index is 700. The summed E-state index contributed by atoms with van der Waals surface area (Å²) >= 11 is 0. The first-order valence-corrected chi connectivity index (χ1v) is 6.71. The van der Waals surface area contributed by atoms with Crippen molar-refractivity contribution in [1.29, 1.82) is 0 Å². The van der Waals surface area contributed by atoms with Crippen LogP contribution < -0.4 is 4.90 Å². The smallest absolute Gasteiger partial charge is 0.205 e. The highest BCUT2D eigenvalue weighted by Gasteiger charge is 2.19. The molecule has 0 saturated heterocycles. The van der Waals surface area contributed by atoms with Crippen LogP contribution in [0.2, 0.25) is 0 Å². The summed E-state index contributed by atoms with van der Waals surface area (Å²) in [5, 5.41) is 0. The molecule has 1 aliphatic heterocycles. The van der Waals surface area contributed by atoms with Crippen LogP contribution in [0.25, 0.3) is 4.85 Å². The molecular formula is C16H16N4. The fourth-order valence-corrected chi connectivity index (χ4v) is 2.67. The van der Waals surface area contributed by atoms with E-state index in [0.717, 1.165) is 30.9 Å². The van der Waals surface area contributed by atoms with Crippen molar-refractivity contribution in [2.45, 2.75) is 26.8 Å². The van der Waals surface area contributed by atoms with Gasteiger partial charge in [0, 0.05) is 37.6 Å². The quantitative estimate of drug-likeness (QED) is 0.742. The Balaban J connectivity index is 1.92. The molecule has 0 saturated carbocycles. The van der Waals surface area contributed by atoms with Gasteiger partial charge >= 0.3 is 0 Å². The molecule has 100 valence electrons. The van der Waals surface area contributed by atoms with Gasteiger partial charge in [0.1, 0.15) is 5.82 Å². The molecule has 0 amide bonds. The van der Waals surface area contributed by atoms with Gasteiger partial charge < -0.3 is 4.90 Å². The molecule has 0 bridgehead atoms. The zero-order chi connectivity index (χ0) is 14.1. The Labute approximate surface area is 118 Å². The normalized spacial score (nSPS) is 13.8. The molecular weight excluding hydrogens is 248 g/mol. The first-order chi connectivity index (χ1) is 9.67. The minimum absolute atomic E-state index is 0.598. The third-order valence-electron chi connectivity index (χ3n) is 3.64. The zero-order valence-electron chi connectivity index (χ0n) is 11.7. The maximum absolute atomic E-state index is 7.04. The van der Waals surface area contributed by atoms with Crippen molar-refractivity contribution in [3.63, 3.8) is 0 Å². The van der Waals surface area contributed by atoms with E-state index in [4.69, 9.17) is 6.57 Å². The molecule has 0 spiro atoms. The third-order valence-corrected chi connectivity index (χ3v) is 3.64. The monoisotopic (exact) mass is 264 g/mol. The van der Waals surface area contributed by atoms with Crippen molar-refractivity contribution in [3.8, 4) is 0 Å². The van der Waals surface area contributed by atoms with Gasteiger partial charge in [0.05, 0.1) is 6.57 Å². The lowest BCUT2D eigenvalue weighted by atomic mass is 10.0. The van der Waals surface area contributed by atoms with Crippen LogP contribution in [-0.2, 0) is 13.0 Å². The van der Waals surface area contributed by atoms with Crippen LogP contribution in [0.4, 0.5) is 11.5 Å². The van der Waals surface area contributed by atoms with Gasteiger partial charge in [-0.3, -0.25) is 9.97 Å². The number of hydrogen-bond acceptors (Lipinski definition) is 3. The lowest BCUT2D eigenvalue weighted by Crippen LogP contribution is -2.32. The fourth-order valence-electron chi connectivity index (χ4n) is 2.67. The molecule has 20 heavy (non-hydrogen) atoms. The molecule has 2 aromatic heterocycles. The van der Waals surface area contributed by atoms with E-state index < -0.39 is 0 Å². The van der Waals surface area contributed by atoms with Crippen molar-refractivity contribution in [2.75, 3.05) is 11.4 Å². The van der Waals surface area contributed by atoms with Crippen LogP contribution >= 0.6 is 0 Å². The number of aryl methyl sites for hydroxylation is 2. The van der Waals surface area contributed by atoms with Gasteiger partial charge in [-0.1, -0.05) is 6.07 Å². The lowest BCUT2D eigenvalue weighted by molar-refractivity contribution is 0.699. The number of fused-ring (bicyclic) bond motifs is 1. The van der Waals surface area contributed by atoms with E-state index >= 15 is 0 Å². The average Bonchev–Trinajstić information content (AvgIpc) is 2.46. The number of nitrogens with zero attached hydrogens (tertiary/aromatic N) is 4. The molecule has 0 radical (unpaired) electrons. The summed E-state index contributed by atoms with van der Waals surface area (Å²) in [6, 6.07) is 4.11. The van der Waals surface area contributed by atoms with Crippen LogP contribution in [0.1, 0.15) is 22.4 Å². The SMILES string of the molecule is [C-]#[N+]c1cnc(N2CCc3ncc(C)cc3C2)c(C)c1. The molecule has 2 aromatic rings. The van der Waals surface area contributed by atoms with E-state index in [-0.39, 0.29) is 0 Å². The van der Waals surface area contributed by atoms with Crippen LogP contribution in [-0.4, -0.2) is 16.5 Å². The van der Waals surface area contributed by atoms with Crippen molar-refractivity contribution in [2.24, 2.45) is 0 Å². The van der Waals surface area contributed by atoms with E-state index in [1.54, 1.807) is 6.20 Å². The zero-order valence-corrected chi connectivity index (χ0v) is 11.7. The summed E-state index contributed by atoms with van der Waals surface area (Å²) in [7, 11) is 0.